The minimum Gasteiger partial charge on any atom is -0.315 e. The minimum absolute atomic E-state index is 0.650. The van der Waals surface area contributed by atoms with E-state index in [9.17, 15) is 0 Å². The van der Waals surface area contributed by atoms with E-state index in [-0.39, 0.29) is 0 Å². The van der Waals surface area contributed by atoms with Gasteiger partial charge in [-0.05, 0) is 12.3 Å². The first-order valence-corrected chi connectivity index (χ1v) is 8.37. The smallest absolute Gasteiger partial charge is 0.103 e. The van der Waals surface area contributed by atoms with Gasteiger partial charge in [0.05, 0.1) is 5.69 Å². The van der Waals surface area contributed by atoms with E-state index in [1.165, 1.54) is 15.4 Å². The minimum atomic E-state index is 0.650. The van der Waals surface area contributed by atoms with Crippen molar-refractivity contribution in [1.82, 2.24) is 10.3 Å². The van der Waals surface area contributed by atoms with E-state index >= 15 is 0 Å². The van der Waals surface area contributed by atoms with E-state index in [0.29, 0.717) is 5.25 Å². The first kappa shape index (κ1) is 14.6. The van der Waals surface area contributed by atoms with Crippen molar-refractivity contribution in [3.05, 3.63) is 40.2 Å². The summed E-state index contributed by atoms with van der Waals surface area (Å²) in [4.78, 5) is 6.16. The van der Waals surface area contributed by atoms with Gasteiger partial charge < -0.3 is 5.32 Å². The van der Waals surface area contributed by atoms with Gasteiger partial charge in [0, 0.05) is 22.7 Å². The largest absolute Gasteiger partial charge is 0.315 e. The van der Waals surface area contributed by atoms with Crippen LogP contribution in [0, 0.1) is 0 Å². The highest BCUT2D eigenvalue weighted by Gasteiger charge is 2.12. The van der Waals surface area contributed by atoms with Gasteiger partial charge in [-0.1, -0.05) is 44.2 Å². The summed E-state index contributed by atoms with van der Waals surface area (Å²) in [5.41, 5.74) is 2.35. The fourth-order valence-electron chi connectivity index (χ4n) is 1.80. The van der Waals surface area contributed by atoms with E-state index < -0.39 is 0 Å². The first-order valence-electron chi connectivity index (χ1n) is 6.51. The van der Waals surface area contributed by atoms with Crippen molar-refractivity contribution in [2.24, 2.45) is 0 Å². The molecule has 1 N–H and O–H groups in total. The van der Waals surface area contributed by atoms with Gasteiger partial charge in [0.25, 0.3) is 0 Å². The molecule has 0 saturated carbocycles. The maximum atomic E-state index is 4.83. The molecule has 1 heterocycles. The molecule has 19 heavy (non-hydrogen) atoms. The Kier molecular flexibility index (Phi) is 5.43. The number of hydrogen-bond acceptors (Lipinski definition) is 4. The lowest BCUT2D eigenvalue weighted by atomic mass is 10.1. The highest BCUT2D eigenvalue weighted by atomic mass is 32.2. The molecule has 0 aliphatic carbocycles. The van der Waals surface area contributed by atoms with Gasteiger partial charge in [-0.25, -0.2) is 4.98 Å². The molecule has 1 aromatic carbocycles. The van der Waals surface area contributed by atoms with Crippen molar-refractivity contribution in [3.63, 3.8) is 0 Å². The van der Waals surface area contributed by atoms with Gasteiger partial charge >= 0.3 is 0 Å². The summed E-state index contributed by atoms with van der Waals surface area (Å²) in [6.45, 7) is 5.34. The van der Waals surface area contributed by atoms with Crippen molar-refractivity contribution in [2.45, 2.75) is 31.4 Å². The van der Waals surface area contributed by atoms with Crippen LogP contribution in [-0.4, -0.2) is 17.3 Å². The molecule has 0 bridgehead atoms. The Morgan fingerprint density at radius 1 is 1.26 bits per heavy atom. The molecule has 102 valence electrons. The normalized spacial score (nSPS) is 11.2. The monoisotopic (exact) mass is 292 g/mol. The summed E-state index contributed by atoms with van der Waals surface area (Å²) in [5.74, 6) is 1.01. The quantitative estimate of drug-likeness (QED) is 0.865. The number of rotatable bonds is 6. The summed E-state index contributed by atoms with van der Waals surface area (Å²) in [6, 6.07) is 10.4. The van der Waals surface area contributed by atoms with Crippen LogP contribution in [0.15, 0.2) is 30.3 Å². The molecule has 2 nitrogen and oxygen atoms in total. The number of hydrogen-bond donors (Lipinski definition) is 1. The lowest BCUT2D eigenvalue weighted by molar-refractivity contribution is 0.831. The molecular formula is C15H20N2S2. The zero-order valence-corrected chi connectivity index (χ0v) is 13.3. The molecule has 0 amide bonds. The van der Waals surface area contributed by atoms with E-state index in [0.717, 1.165) is 18.0 Å². The van der Waals surface area contributed by atoms with Crippen LogP contribution in [0.25, 0.3) is 11.3 Å². The number of nitrogens with one attached hydrogen (secondary N) is 1. The summed E-state index contributed by atoms with van der Waals surface area (Å²) in [6.07, 6.45) is 0. The predicted molar refractivity (Wildman–Crippen MR) is 86.7 cm³/mol. The third-order valence-electron chi connectivity index (χ3n) is 2.67. The van der Waals surface area contributed by atoms with Crippen molar-refractivity contribution in [2.75, 3.05) is 7.05 Å². The maximum Gasteiger partial charge on any atom is 0.103 e. The molecule has 0 radical (unpaired) electrons. The van der Waals surface area contributed by atoms with Crippen LogP contribution in [-0.2, 0) is 12.3 Å². The van der Waals surface area contributed by atoms with Crippen LogP contribution in [0.5, 0.6) is 0 Å². The molecule has 0 saturated heterocycles. The molecule has 0 unspecified atom stereocenters. The average Bonchev–Trinajstić information content (AvgIpc) is 2.81. The summed E-state index contributed by atoms with van der Waals surface area (Å²) in [7, 11) is 1.98. The van der Waals surface area contributed by atoms with E-state index in [4.69, 9.17) is 4.98 Å². The van der Waals surface area contributed by atoms with Crippen LogP contribution in [0.4, 0.5) is 0 Å². The number of benzene rings is 1. The summed E-state index contributed by atoms with van der Waals surface area (Å²) < 4.78 is 0. The topological polar surface area (TPSA) is 24.9 Å². The molecule has 0 aliphatic heterocycles. The number of aromatic nitrogens is 1. The van der Waals surface area contributed by atoms with Gasteiger partial charge in [-0.3, -0.25) is 0 Å². The lowest BCUT2D eigenvalue weighted by Crippen LogP contribution is -2.04. The molecule has 2 aromatic rings. The van der Waals surface area contributed by atoms with Crippen LogP contribution in [0.2, 0.25) is 0 Å². The number of thioether (sulfide) groups is 1. The molecule has 1 aromatic heterocycles. The van der Waals surface area contributed by atoms with Gasteiger partial charge in [0.1, 0.15) is 5.01 Å². The van der Waals surface area contributed by atoms with Crippen LogP contribution in [0.3, 0.4) is 0 Å². The molecule has 0 aliphatic rings. The van der Waals surface area contributed by atoms with E-state index in [1.54, 1.807) is 0 Å². The zero-order valence-electron chi connectivity index (χ0n) is 11.6. The first-order chi connectivity index (χ1) is 9.20. The lowest BCUT2D eigenvalue weighted by Gasteiger charge is -2.01. The predicted octanol–water partition coefficient (Wildman–Crippen LogP) is 4.17. The summed E-state index contributed by atoms with van der Waals surface area (Å²) >= 11 is 3.77. The number of nitrogens with zero attached hydrogens (tertiary/aromatic N) is 1. The van der Waals surface area contributed by atoms with Gasteiger partial charge in [0.15, 0.2) is 0 Å². The van der Waals surface area contributed by atoms with Crippen LogP contribution < -0.4 is 5.32 Å². The Bertz CT molecular complexity index is 506. The van der Waals surface area contributed by atoms with Crippen molar-refractivity contribution < 1.29 is 0 Å². The zero-order chi connectivity index (χ0) is 13.7. The number of thiazole rings is 1. The maximum absolute atomic E-state index is 4.83. The fourth-order valence-corrected chi connectivity index (χ4v) is 3.68. The van der Waals surface area contributed by atoms with Crippen LogP contribution in [0.1, 0.15) is 23.7 Å². The van der Waals surface area contributed by atoms with Gasteiger partial charge in [0.2, 0.25) is 0 Å². The molecule has 0 atom stereocenters. The Morgan fingerprint density at radius 2 is 2.00 bits per heavy atom. The third kappa shape index (κ3) is 4.06. The Hall–Kier alpha value is -0.840. The second-order valence-corrected chi connectivity index (χ2v) is 7.37. The molecule has 0 spiro atoms. The SMILES string of the molecule is CNCc1sc(CSC(C)C)nc1-c1ccccc1. The molecule has 0 fully saturated rings. The molecular weight excluding hydrogens is 272 g/mol. The Morgan fingerprint density at radius 3 is 2.63 bits per heavy atom. The average molecular weight is 292 g/mol. The fraction of sp³-hybridized carbons (Fsp3) is 0.400. The Balaban J connectivity index is 2.25. The third-order valence-corrected chi connectivity index (χ3v) is 5.01. The van der Waals surface area contributed by atoms with E-state index in [2.05, 4.69) is 43.4 Å². The van der Waals surface area contributed by atoms with Crippen molar-refractivity contribution >= 4 is 23.1 Å². The van der Waals surface area contributed by atoms with Crippen LogP contribution >= 0.6 is 23.1 Å². The standard InChI is InChI=1S/C15H20N2S2/c1-11(2)18-10-14-17-15(13(19-14)9-16-3)12-7-5-4-6-8-12/h4-8,11,16H,9-10H2,1-3H3. The second-order valence-electron chi connectivity index (χ2n) is 4.64. The van der Waals surface area contributed by atoms with Crippen molar-refractivity contribution in [3.8, 4) is 11.3 Å². The second kappa shape index (κ2) is 7.08. The van der Waals surface area contributed by atoms with Gasteiger partial charge in [-0.2, -0.15) is 11.8 Å². The highest BCUT2D eigenvalue weighted by molar-refractivity contribution is 7.99. The van der Waals surface area contributed by atoms with Crippen molar-refractivity contribution in [1.29, 1.82) is 0 Å². The molecule has 4 heteroatoms. The Labute approximate surface area is 123 Å². The summed E-state index contributed by atoms with van der Waals surface area (Å²) in [5, 5.41) is 5.11. The van der Waals surface area contributed by atoms with Gasteiger partial charge in [-0.15, -0.1) is 11.3 Å². The van der Waals surface area contributed by atoms with E-state index in [1.807, 2.05) is 36.2 Å². The molecule has 2 rings (SSSR count). The highest BCUT2D eigenvalue weighted by Crippen LogP contribution is 2.30.